The van der Waals surface area contributed by atoms with Gasteiger partial charge >= 0.3 is 0 Å². The van der Waals surface area contributed by atoms with Gasteiger partial charge in [0, 0.05) is 31.9 Å². The monoisotopic (exact) mass is 303 g/mol. The maximum Gasteiger partial charge on any atom is 0.241 e. The minimum atomic E-state index is 0.203. The highest BCUT2D eigenvalue weighted by Crippen LogP contribution is 2.27. The first kappa shape index (κ1) is 16.8. The molecule has 2 rings (SSSR count). The summed E-state index contributed by atoms with van der Waals surface area (Å²) in [5.74, 6) is 0.652. The summed E-state index contributed by atoms with van der Waals surface area (Å²) >= 11 is 0. The summed E-state index contributed by atoms with van der Waals surface area (Å²) in [7, 11) is 0. The molecular formula is C18H29N3O. The smallest absolute Gasteiger partial charge is 0.241 e. The summed E-state index contributed by atoms with van der Waals surface area (Å²) in [6.07, 6.45) is 0. The van der Waals surface area contributed by atoms with Gasteiger partial charge in [-0.3, -0.25) is 4.79 Å². The summed E-state index contributed by atoms with van der Waals surface area (Å²) in [6, 6.07) is 6.32. The Labute approximate surface area is 134 Å². The lowest BCUT2D eigenvalue weighted by atomic mass is 9.98. The molecule has 1 heterocycles. The van der Waals surface area contributed by atoms with Gasteiger partial charge in [0.2, 0.25) is 5.91 Å². The molecule has 1 fully saturated rings. The predicted octanol–water partition coefficient (Wildman–Crippen LogP) is 2.69. The molecule has 0 aliphatic carbocycles. The summed E-state index contributed by atoms with van der Waals surface area (Å²) in [5, 5.41) is 3.38. The summed E-state index contributed by atoms with van der Waals surface area (Å²) < 4.78 is 0. The molecule has 0 unspecified atom stereocenters. The Morgan fingerprint density at radius 2 is 1.91 bits per heavy atom. The van der Waals surface area contributed by atoms with E-state index in [0.29, 0.717) is 12.5 Å². The third-order valence-electron chi connectivity index (χ3n) is 4.52. The highest BCUT2D eigenvalue weighted by molar-refractivity contribution is 5.81. The number of hydrogen-bond acceptors (Lipinski definition) is 3. The molecule has 4 nitrogen and oxygen atoms in total. The van der Waals surface area contributed by atoms with Crippen molar-refractivity contribution in [2.45, 2.75) is 33.6 Å². The molecule has 4 heteroatoms. The SMILES string of the molecule is CCN1CCN(C(=O)CNc2c(C)cccc2C(C)C)CC1. The Kier molecular flexibility index (Phi) is 5.83. The third kappa shape index (κ3) is 4.01. The Morgan fingerprint density at radius 1 is 1.23 bits per heavy atom. The molecule has 0 atom stereocenters. The number of carbonyl (C=O) groups is 1. The number of nitrogens with one attached hydrogen (secondary N) is 1. The van der Waals surface area contributed by atoms with Crippen LogP contribution in [0.15, 0.2) is 18.2 Å². The number of nitrogens with zero attached hydrogens (tertiary/aromatic N) is 2. The Bertz CT molecular complexity index is 505. The first-order valence-corrected chi connectivity index (χ1v) is 8.36. The molecule has 122 valence electrons. The van der Waals surface area contributed by atoms with E-state index in [0.717, 1.165) is 38.4 Å². The van der Waals surface area contributed by atoms with Crippen LogP contribution in [0.1, 0.15) is 37.8 Å². The van der Waals surface area contributed by atoms with Gasteiger partial charge in [-0.05, 0) is 30.5 Å². The molecule has 1 saturated heterocycles. The zero-order valence-electron chi connectivity index (χ0n) is 14.4. The number of anilines is 1. The number of amides is 1. The number of piperazine rings is 1. The Morgan fingerprint density at radius 3 is 2.50 bits per heavy atom. The quantitative estimate of drug-likeness (QED) is 0.908. The van der Waals surface area contributed by atoms with E-state index in [-0.39, 0.29) is 5.91 Å². The van der Waals surface area contributed by atoms with Crippen molar-refractivity contribution >= 4 is 11.6 Å². The van der Waals surface area contributed by atoms with Gasteiger partial charge in [-0.2, -0.15) is 0 Å². The highest BCUT2D eigenvalue weighted by atomic mass is 16.2. The average molecular weight is 303 g/mol. The molecule has 1 amide bonds. The van der Waals surface area contributed by atoms with E-state index in [9.17, 15) is 4.79 Å². The predicted molar refractivity (Wildman–Crippen MR) is 92.5 cm³/mol. The second-order valence-electron chi connectivity index (χ2n) is 6.36. The van der Waals surface area contributed by atoms with Gasteiger partial charge in [-0.15, -0.1) is 0 Å². The van der Waals surface area contributed by atoms with Crippen LogP contribution in [0.25, 0.3) is 0 Å². The van der Waals surface area contributed by atoms with Crippen molar-refractivity contribution in [1.29, 1.82) is 0 Å². The Hall–Kier alpha value is -1.55. The van der Waals surface area contributed by atoms with Crippen molar-refractivity contribution in [3.8, 4) is 0 Å². The lowest BCUT2D eigenvalue weighted by Crippen LogP contribution is -2.49. The molecule has 1 aliphatic rings. The lowest BCUT2D eigenvalue weighted by Gasteiger charge is -2.34. The molecule has 1 aromatic rings. The van der Waals surface area contributed by atoms with Gasteiger partial charge in [0.25, 0.3) is 0 Å². The number of hydrogen-bond donors (Lipinski definition) is 1. The van der Waals surface area contributed by atoms with Gasteiger partial charge < -0.3 is 15.1 Å². The molecule has 0 spiro atoms. The zero-order chi connectivity index (χ0) is 16.1. The van der Waals surface area contributed by atoms with Crippen LogP contribution in [0, 0.1) is 6.92 Å². The number of rotatable bonds is 5. The van der Waals surface area contributed by atoms with E-state index in [1.165, 1.54) is 11.1 Å². The number of benzene rings is 1. The van der Waals surface area contributed by atoms with Gasteiger partial charge in [-0.1, -0.05) is 39.0 Å². The second-order valence-corrected chi connectivity index (χ2v) is 6.36. The molecule has 1 aliphatic heterocycles. The summed E-state index contributed by atoms with van der Waals surface area (Å²) in [5.41, 5.74) is 3.61. The van der Waals surface area contributed by atoms with Crippen LogP contribution in [-0.2, 0) is 4.79 Å². The summed E-state index contributed by atoms with van der Waals surface area (Å²) in [4.78, 5) is 16.8. The topological polar surface area (TPSA) is 35.6 Å². The minimum absolute atomic E-state index is 0.203. The lowest BCUT2D eigenvalue weighted by molar-refractivity contribution is -0.131. The largest absolute Gasteiger partial charge is 0.376 e. The normalized spacial score (nSPS) is 16.1. The van der Waals surface area contributed by atoms with Crippen molar-refractivity contribution in [1.82, 2.24) is 9.80 Å². The number of carbonyl (C=O) groups excluding carboxylic acids is 1. The van der Waals surface area contributed by atoms with Crippen LogP contribution in [0.5, 0.6) is 0 Å². The van der Waals surface area contributed by atoms with E-state index in [2.05, 4.69) is 56.1 Å². The van der Waals surface area contributed by atoms with Crippen LogP contribution in [-0.4, -0.2) is 55.0 Å². The number of para-hydroxylation sites is 1. The maximum absolute atomic E-state index is 12.4. The van der Waals surface area contributed by atoms with Crippen molar-refractivity contribution < 1.29 is 4.79 Å². The van der Waals surface area contributed by atoms with E-state index in [1.54, 1.807) is 0 Å². The van der Waals surface area contributed by atoms with E-state index >= 15 is 0 Å². The first-order chi connectivity index (χ1) is 10.5. The van der Waals surface area contributed by atoms with Crippen LogP contribution in [0.2, 0.25) is 0 Å². The molecular weight excluding hydrogens is 274 g/mol. The van der Waals surface area contributed by atoms with Gasteiger partial charge in [0.05, 0.1) is 6.54 Å². The molecule has 1 aromatic carbocycles. The van der Waals surface area contributed by atoms with Crippen LogP contribution in [0.4, 0.5) is 5.69 Å². The van der Waals surface area contributed by atoms with Gasteiger partial charge in [0.1, 0.15) is 0 Å². The van der Waals surface area contributed by atoms with Crippen LogP contribution < -0.4 is 5.32 Å². The van der Waals surface area contributed by atoms with E-state index < -0.39 is 0 Å². The van der Waals surface area contributed by atoms with Gasteiger partial charge in [0.15, 0.2) is 0 Å². The maximum atomic E-state index is 12.4. The van der Waals surface area contributed by atoms with E-state index in [1.807, 2.05) is 4.90 Å². The van der Waals surface area contributed by atoms with E-state index in [4.69, 9.17) is 0 Å². The van der Waals surface area contributed by atoms with Crippen molar-refractivity contribution in [2.24, 2.45) is 0 Å². The fraction of sp³-hybridized carbons (Fsp3) is 0.611. The van der Waals surface area contributed by atoms with Crippen molar-refractivity contribution in [3.05, 3.63) is 29.3 Å². The molecule has 1 N–H and O–H groups in total. The molecule has 0 radical (unpaired) electrons. The Balaban J connectivity index is 1.95. The fourth-order valence-corrected chi connectivity index (χ4v) is 3.00. The zero-order valence-corrected chi connectivity index (χ0v) is 14.4. The molecule has 0 saturated carbocycles. The standard InChI is InChI=1S/C18H29N3O/c1-5-20-9-11-21(12-10-20)17(22)13-19-18-15(4)7-6-8-16(18)14(2)3/h6-8,14,19H,5,9-13H2,1-4H3. The van der Waals surface area contributed by atoms with Crippen molar-refractivity contribution in [3.63, 3.8) is 0 Å². The minimum Gasteiger partial charge on any atom is -0.376 e. The summed E-state index contributed by atoms with van der Waals surface area (Å²) in [6.45, 7) is 13.8. The highest BCUT2D eigenvalue weighted by Gasteiger charge is 2.20. The third-order valence-corrected chi connectivity index (χ3v) is 4.52. The molecule has 0 aromatic heterocycles. The number of likely N-dealkylation sites (N-methyl/N-ethyl adjacent to an activating group) is 1. The average Bonchev–Trinajstić information content (AvgIpc) is 2.53. The molecule has 0 bridgehead atoms. The first-order valence-electron chi connectivity index (χ1n) is 8.36. The molecule has 22 heavy (non-hydrogen) atoms. The van der Waals surface area contributed by atoms with Crippen LogP contribution in [0.3, 0.4) is 0 Å². The van der Waals surface area contributed by atoms with Gasteiger partial charge in [-0.25, -0.2) is 0 Å². The van der Waals surface area contributed by atoms with Crippen molar-refractivity contribution in [2.75, 3.05) is 44.6 Å². The van der Waals surface area contributed by atoms with Crippen LogP contribution >= 0.6 is 0 Å². The number of aryl methyl sites for hydroxylation is 1. The second kappa shape index (κ2) is 7.63. The fourth-order valence-electron chi connectivity index (χ4n) is 3.00.